The van der Waals surface area contributed by atoms with Crippen molar-refractivity contribution in [2.75, 3.05) is 26.7 Å². The van der Waals surface area contributed by atoms with Crippen LogP contribution in [0.2, 0.25) is 0 Å². The first kappa shape index (κ1) is 25.2. The second-order valence-electron chi connectivity index (χ2n) is 9.10. The van der Waals surface area contributed by atoms with Crippen LogP contribution in [-0.4, -0.2) is 75.6 Å². The Balaban J connectivity index is 1.68. The average molecular weight is 493 g/mol. The molecule has 2 amide bonds. The van der Waals surface area contributed by atoms with Crippen LogP contribution in [0.15, 0.2) is 61.1 Å². The molecule has 9 heteroatoms. The summed E-state index contributed by atoms with van der Waals surface area (Å²) in [5, 5.41) is 9.83. The fourth-order valence-electron chi connectivity index (χ4n) is 4.22. The molecule has 2 aromatic heterocycles. The molecule has 0 fully saturated rings. The summed E-state index contributed by atoms with van der Waals surface area (Å²) in [5.74, 6) is -1.42. The van der Waals surface area contributed by atoms with Gasteiger partial charge in [0.2, 0.25) is 5.88 Å². The normalized spacial score (nSPS) is 18.5. The summed E-state index contributed by atoms with van der Waals surface area (Å²) in [7, 11) is 1.59. The van der Waals surface area contributed by atoms with Crippen molar-refractivity contribution in [3.05, 3.63) is 78.0 Å². The number of carbonyl (C=O) groups excluding carboxylic acids is 2. The van der Waals surface area contributed by atoms with Gasteiger partial charge in [-0.25, -0.2) is 9.37 Å². The highest BCUT2D eigenvalue weighted by Crippen LogP contribution is 2.30. The van der Waals surface area contributed by atoms with Crippen molar-refractivity contribution in [3.63, 3.8) is 0 Å². The molecule has 8 nitrogen and oxygen atoms in total. The van der Waals surface area contributed by atoms with E-state index in [9.17, 15) is 19.1 Å². The first-order valence-corrected chi connectivity index (χ1v) is 11.8. The number of nitrogens with zero attached hydrogens (tertiary/aromatic N) is 4. The highest BCUT2D eigenvalue weighted by molar-refractivity contribution is 5.98. The molecule has 3 aromatic rings. The van der Waals surface area contributed by atoms with Crippen molar-refractivity contribution < 1.29 is 23.8 Å². The molecule has 3 atom stereocenters. The van der Waals surface area contributed by atoms with Crippen LogP contribution < -0.4 is 4.74 Å². The van der Waals surface area contributed by atoms with Crippen LogP contribution in [0.5, 0.6) is 5.88 Å². The zero-order valence-corrected chi connectivity index (χ0v) is 20.5. The highest BCUT2D eigenvalue weighted by Gasteiger charge is 2.35. The third-order valence-corrected chi connectivity index (χ3v) is 6.44. The molecular weight excluding hydrogens is 463 g/mol. The minimum Gasteiger partial charge on any atom is -0.472 e. The Morgan fingerprint density at radius 1 is 1.25 bits per heavy atom. The predicted octanol–water partition coefficient (Wildman–Crippen LogP) is 3.28. The van der Waals surface area contributed by atoms with Gasteiger partial charge in [0.05, 0.1) is 24.8 Å². The molecule has 0 unspecified atom stereocenters. The second kappa shape index (κ2) is 10.8. The van der Waals surface area contributed by atoms with Gasteiger partial charge in [0.15, 0.2) is 0 Å². The van der Waals surface area contributed by atoms with Gasteiger partial charge in [-0.2, -0.15) is 0 Å². The van der Waals surface area contributed by atoms with E-state index in [4.69, 9.17) is 4.74 Å². The Labute approximate surface area is 209 Å². The zero-order valence-electron chi connectivity index (χ0n) is 20.5. The van der Waals surface area contributed by atoms with E-state index in [1.165, 1.54) is 23.1 Å². The molecule has 3 heterocycles. The second-order valence-corrected chi connectivity index (χ2v) is 9.10. The molecule has 36 heavy (non-hydrogen) atoms. The molecule has 1 N–H and O–H groups in total. The fraction of sp³-hybridized carbons (Fsp3) is 0.333. The smallest absolute Gasteiger partial charge is 0.259 e. The lowest BCUT2D eigenvalue weighted by molar-refractivity contribution is 0.0312. The van der Waals surface area contributed by atoms with Crippen molar-refractivity contribution in [2.24, 2.45) is 5.92 Å². The number of hydrogen-bond donors (Lipinski definition) is 1. The molecule has 4 rings (SSSR count). The van der Waals surface area contributed by atoms with Crippen LogP contribution in [0.3, 0.4) is 0 Å². The standard InChI is InChI=1S/C27H29FN4O4/c1-17-14-32(18(2)16-33)27(35)22-12-20(19-8-10-29-11-9-19)13-30-25(22)36-24(17)15-31(3)26(34)21-6-4-5-7-23(21)28/h4-13,17-18,24,33H,14-16H2,1-3H3/t17-,18+,24+/m1/s1. The topological polar surface area (TPSA) is 95.9 Å². The Morgan fingerprint density at radius 3 is 2.67 bits per heavy atom. The van der Waals surface area contributed by atoms with Crippen molar-refractivity contribution in [3.8, 4) is 17.0 Å². The Morgan fingerprint density at radius 2 is 1.97 bits per heavy atom. The molecular formula is C27H29FN4O4. The summed E-state index contributed by atoms with van der Waals surface area (Å²) >= 11 is 0. The number of likely N-dealkylation sites (N-methyl/N-ethyl adjacent to an activating group) is 1. The number of carbonyl (C=O) groups is 2. The minimum atomic E-state index is -0.592. The lowest BCUT2D eigenvalue weighted by Crippen LogP contribution is -2.50. The summed E-state index contributed by atoms with van der Waals surface area (Å²) in [6.45, 7) is 3.92. The van der Waals surface area contributed by atoms with Gasteiger partial charge in [-0.15, -0.1) is 0 Å². The lowest BCUT2D eigenvalue weighted by atomic mass is 9.99. The largest absolute Gasteiger partial charge is 0.472 e. The number of aliphatic hydroxyl groups excluding tert-OH is 1. The SMILES string of the molecule is C[C@@H]1CN([C@@H](C)CO)C(=O)c2cc(-c3ccncc3)cnc2O[C@H]1CN(C)C(=O)c1ccccc1F. The van der Waals surface area contributed by atoms with Gasteiger partial charge in [-0.3, -0.25) is 14.6 Å². The summed E-state index contributed by atoms with van der Waals surface area (Å²) in [6, 6.07) is 10.8. The van der Waals surface area contributed by atoms with Crippen LogP contribution in [0, 0.1) is 11.7 Å². The number of amides is 2. The van der Waals surface area contributed by atoms with Gasteiger partial charge in [0.1, 0.15) is 17.5 Å². The van der Waals surface area contributed by atoms with E-state index in [2.05, 4.69) is 9.97 Å². The van der Waals surface area contributed by atoms with E-state index in [0.717, 1.165) is 11.1 Å². The molecule has 0 spiro atoms. The van der Waals surface area contributed by atoms with Gasteiger partial charge in [-0.05, 0) is 42.8 Å². The number of aromatic nitrogens is 2. The van der Waals surface area contributed by atoms with Crippen molar-refractivity contribution >= 4 is 11.8 Å². The Kier molecular flexibility index (Phi) is 7.59. The van der Waals surface area contributed by atoms with E-state index in [0.29, 0.717) is 6.54 Å². The molecule has 0 bridgehead atoms. The highest BCUT2D eigenvalue weighted by atomic mass is 19.1. The van der Waals surface area contributed by atoms with Crippen LogP contribution >= 0.6 is 0 Å². The number of aliphatic hydroxyl groups is 1. The molecule has 188 valence electrons. The molecule has 0 saturated heterocycles. The molecule has 1 aromatic carbocycles. The number of pyridine rings is 2. The van der Waals surface area contributed by atoms with Crippen LogP contribution in [0.4, 0.5) is 4.39 Å². The quantitative estimate of drug-likeness (QED) is 0.568. The van der Waals surface area contributed by atoms with Gasteiger partial charge in [0, 0.05) is 43.7 Å². The van der Waals surface area contributed by atoms with Crippen LogP contribution in [-0.2, 0) is 0 Å². The van der Waals surface area contributed by atoms with Crippen molar-refractivity contribution in [2.45, 2.75) is 26.0 Å². The van der Waals surface area contributed by atoms with E-state index in [1.54, 1.807) is 49.6 Å². The summed E-state index contributed by atoms with van der Waals surface area (Å²) in [6.07, 6.45) is 4.40. The average Bonchev–Trinajstić information content (AvgIpc) is 2.90. The third-order valence-electron chi connectivity index (χ3n) is 6.44. The maximum Gasteiger partial charge on any atom is 0.259 e. The van der Waals surface area contributed by atoms with Gasteiger partial charge < -0.3 is 19.6 Å². The molecule has 0 radical (unpaired) electrons. The number of hydrogen-bond acceptors (Lipinski definition) is 6. The number of benzene rings is 1. The van der Waals surface area contributed by atoms with Crippen LogP contribution in [0.1, 0.15) is 34.6 Å². The number of fused-ring (bicyclic) bond motifs is 1. The molecule has 0 aliphatic carbocycles. The monoisotopic (exact) mass is 492 g/mol. The molecule has 0 saturated carbocycles. The summed E-state index contributed by atoms with van der Waals surface area (Å²) in [4.78, 5) is 38.0. The van der Waals surface area contributed by atoms with Gasteiger partial charge >= 0.3 is 0 Å². The lowest BCUT2D eigenvalue weighted by Gasteiger charge is -2.37. The van der Waals surface area contributed by atoms with Crippen molar-refractivity contribution in [1.29, 1.82) is 0 Å². The van der Waals surface area contributed by atoms with Crippen molar-refractivity contribution in [1.82, 2.24) is 19.8 Å². The minimum absolute atomic E-state index is 0.0234. The first-order valence-electron chi connectivity index (χ1n) is 11.8. The third kappa shape index (κ3) is 5.21. The van der Waals surface area contributed by atoms with E-state index < -0.39 is 23.9 Å². The Hall–Kier alpha value is -3.85. The summed E-state index contributed by atoms with van der Waals surface area (Å²) < 4.78 is 20.4. The molecule has 1 aliphatic heterocycles. The number of halogens is 1. The van der Waals surface area contributed by atoms with E-state index in [-0.39, 0.29) is 42.0 Å². The van der Waals surface area contributed by atoms with Gasteiger partial charge in [-0.1, -0.05) is 19.1 Å². The van der Waals surface area contributed by atoms with E-state index >= 15 is 0 Å². The van der Waals surface area contributed by atoms with Gasteiger partial charge in [0.25, 0.3) is 11.8 Å². The maximum absolute atomic E-state index is 14.2. The Bertz CT molecular complexity index is 1240. The zero-order chi connectivity index (χ0) is 25.8. The molecule has 1 aliphatic rings. The predicted molar refractivity (Wildman–Crippen MR) is 132 cm³/mol. The first-order chi connectivity index (χ1) is 17.3. The van der Waals surface area contributed by atoms with Crippen LogP contribution in [0.25, 0.3) is 11.1 Å². The fourth-order valence-corrected chi connectivity index (χ4v) is 4.22. The number of rotatable bonds is 6. The number of ether oxygens (including phenoxy) is 1. The summed E-state index contributed by atoms with van der Waals surface area (Å²) in [5.41, 5.74) is 1.81. The van der Waals surface area contributed by atoms with E-state index in [1.807, 2.05) is 19.1 Å². The maximum atomic E-state index is 14.2.